The summed E-state index contributed by atoms with van der Waals surface area (Å²) in [4.78, 5) is 26.9. The zero-order chi connectivity index (χ0) is 18.1. The quantitative estimate of drug-likeness (QED) is 0.899. The van der Waals surface area contributed by atoms with Gasteiger partial charge in [0, 0.05) is 19.0 Å². The molecule has 0 aromatic heterocycles. The molecule has 134 valence electrons. The van der Waals surface area contributed by atoms with E-state index in [1.807, 2.05) is 60.7 Å². The molecule has 2 fully saturated rings. The molecule has 1 saturated carbocycles. The Morgan fingerprint density at radius 2 is 1.54 bits per heavy atom. The first-order chi connectivity index (χ1) is 12.6. The van der Waals surface area contributed by atoms with Crippen molar-refractivity contribution in [1.29, 1.82) is 0 Å². The van der Waals surface area contributed by atoms with Gasteiger partial charge in [-0.1, -0.05) is 60.7 Å². The van der Waals surface area contributed by atoms with Gasteiger partial charge in [-0.25, -0.2) is 0 Å². The molecule has 1 saturated heterocycles. The molecule has 0 spiro atoms. The Morgan fingerprint density at radius 3 is 2.12 bits per heavy atom. The summed E-state index contributed by atoms with van der Waals surface area (Å²) in [5, 5.41) is 9.68. The van der Waals surface area contributed by atoms with Crippen LogP contribution >= 0.6 is 0 Å². The average Bonchev–Trinajstić information content (AvgIpc) is 3.39. The van der Waals surface area contributed by atoms with Gasteiger partial charge in [-0.3, -0.25) is 9.59 Å². The number of carboxylic acid groups (broad SMARTS) is 1. The van der Waals surface area contributed by atoms with Crippen LogP contribution in [0.2, 0.25) is 0 Å². The van der Waals surface area contributed by atoms with Crippen molar-refractivity contribution >= 4 is 11.9 Å². The van der Waals surface area contributed by atoms with Crippen molar-refractivity contribution in [3.8, 4) is 0 Å². The monoisotopic (exact) mass is 349 g/mol. The van der Waals surface area contributed by atoms with Crippen LogP contribution in [-0.4, -0.2) is 35.0 Å². The Bertz CT molecular complexity index is 786. The fourth-order valence-electron chi connectivity index (χ4n) is 4.17. The van der Waals surface area contributed by atoms with Crippen LogP contribution in [0.15, 0.2) is 60.7 Å². The molecule has 4 nitrogen and oxygen atoms in total. The van der Waals surface area contributed by atoms with Crippen molar-refractivity contribution in [3.63, 3.8) is 0 Å². The first-order valence-electron chi connectivity index (χ1n) is 9.26. The van der Waals surface area contributed by atoms with E-state index in [0.717, 1.165) is 24.0 Å². The number of carboxylic acids is 1. The van der Waals surface area contributed by atoms with Gasteiger partial charge >= 0.3 is 5.97 Å². The van der Waals surface area contributed by atoms with E-state index in [1.165, 1.54) is 0 Å². The van der Waals surface area contributed by atoms with E-state index in [2.05, 4.69) is 0 Å². The van der Waals surface area contributed by atoms with E-state index in [-0.39, 0.29) is 17.7 Å². The molecule has 2 aromatic carbocycles. The normalized spacial score (nSPS) is 23.6. The van der Waals surface area contributed by atoms with Crippen molar-refractivity contribution in [1.82, 2.24) is 4.90 Å². The number of amides is 1. The number of hydrogen-bond donors (Lipinski definition) is 1. The van der Waals surface area contributed by atoms with E-state index in [9.17, 15) is 14.7 Å². The first-order valence-corrected chi connectivity index (χ1v) is 9.26. The maximum Gasteiger partial charge on any atom is 0.308 e. The number of carbonyl (C=O) groups excluding carboxylic acids is 1. The van der Waals surface area contributed by atoms with Gasteiger partial charge in [0.1, 0.15) is 0 Å². The largest absolute Gasteiger partial charge is 0.481 e. The maximum absolute atomic E-state index is 13.3. The third kappa shape index (κ3) is 3.24. The zero-order valence-electron chi connectivity index (χ0n) is 14.6. The Labute approximate surface area is 153 Å². The minimum Gasteiger partial charge on any atom is -0.481 e. The summed E-state index contributed by atoms with van der Waals surface area (Å²) in [6.07, 6.45) is 2.15. The molecule has 1 heterocycles. The lowest BCUT2D eigenvalue weighted by atomic mass is 9.89. The molecule has 2 aliphatic rings. The second-order valence-electron chi connectivity index (χ2n) is 7.43. The van der Waals surface area contributed by atoms with Gasteiger partial charge in [-0.05, 0) is 29.9 Å². The van der Waals surface area contributed by atoms with Crippen LogP contribution in [0.4, 0.5) is 0 Å². The zero-order valence-corrected chi connectivity index (χ0v) is 14.6. The lowest BCUT2D eigenvalue weighted by Crippen LogP contribution is -2.35. The molecule has 1 N–H and O–H groups in total. The van der Waals surface area contributed by atoms with Crippen molar-refractivity contribution in [2.45, 2.75) is 24.7 Å². The Balaban J connectivity index is 1.59. The number of hydrogen-bond acceptors (Lipinski definition) is 2. The highest BCUT2D eigenvalue weighted by molar-refractivity contribution is 5.86. The standard InChI is InChI=1S/C22H23NO3/c24-21(20(17-11-12-17)16-9-5-2-6-10-16)23-13-18(19(14-23)22(25)26)15-7-3-1-4-8-15/h1-10,17-20H,11-14H2,(H,25,26). The van der Waals surface area contributed by atoms with Crippen molar-refractivity contribution in [3.05, 3.63) is 71.8 Å². The third-order valence-electron chi connectivity index (χ3n) is 5.69. The molecule has 1 aliphatic carbocycles. The summed E-state index contributed by atoms with van der Waals surface area (Å²) in [6, 6.07) is 19.6. The summed E-state index contributed by atoms with van der Waals surface area (Å²) in [5.74, 6) is -1.17. The highest BCUT2D eigenvalue weighted by atomic mass is 16.4. The van der Waals surface area contributed by atoms with E-state index >= 15 is 0 Å². The van der Waals surface area contributed by atoms with Crippen LogP contribution in [0.3, 0.4) is 0 Å². The number of rotatable bonds is 5. The number of aliphatic carboxylic acids is 1. The number of nitrogens with zero attached hydrogens (tertiary/aromatic N) is 1. The minimum absolute atomic E-state index is 0.0865. The summed E-state index contributed by atoms with van der Waals surface area (Å²) < 4.78 is 0. The molecule has 1 aliphatic heterocycles. The summed E-state index contributed by atoms with van der Waals surface area (Å²) in [7, 11) is 0. The van der Waals surface area contributed by atoms with Gasteiger partial charge in [0.25, 0.3) is 0 Å². The molecule has 0 radical (unpaired) electrons. The Kier molecular flexibility index (Phi) is 4.49. The number of carbonyl (C=O) groups is 2. The van der Waals surface area contributed by atoms with E-state index in [1.54, 1.807) is 4.90 Å². The molecule has 1 amide bonds. The van der Waals surface area contributed by atoms with E-state index < -0.39 is 11.9 Å². The van der Waals surface area contributed by atoms with Crippen LogP contribution in [0.25, 0.3) is 0 Å². The fourth-order valence-corrected chi connectivity index (χ4v) is 4.17. The molecule has 3 atom stereocenters. The van der Waals surface area contributed by atoms with Crippen molar-refractivity contribution < 1.29 is 14.7 Å². The lowest BCUT2D eigenvalue weighted by molar-refractivity contribution is -0.142. The third-order valence-corrected chi connectivity index (χ3v) is 5.69. The van der Waals surface area contributed by atoms with Crippen LogP contribution in [0, 0.1) is 11.8 Å². The van der Waals surface area contributed by atoms with E-state index in [0.29, 0.717) is 19.0 Å². The molecule has 0 bridgehead atoms. The summed E-state index contributed by atoms with van der Waals surface area (Å²) in [5.41, 5.74) is 2.05. The Hall–Kier alpha value is -2.62. The molecule has 4 rings (SSSR count). The van der Waals surface area contributed by atoms with Gasteiger partial charge < -0.3 is 10.0 Å². The van der Waals surface area contributed by atoms with Crippen LogP contribution in [0.1, 0.15) is 35.8 Å². The molecule has 3 unspecified atom stereocenters. The SMILES string of the molecule is O=C(O)C1CN(C(=O)C(c2ccccc2)C2CC2)CC1c1ccccc1. The fraction of sp³-hybridized carbons (Fsp3) is 0.364. The van der Waals surface area contributed by atoms with Crippen molar-refractivity contribution in [2.24, 2.45) is 11.8 Å². The predicted molar refractivity (Wildman–Crippen MR) is 98.8 cm³/mol. The molecule has 2 aromatic rings. The van der Waals surface area contributed by atoms with E-state index in [4.69, 9.17) is 0 Å². The summed E-state index contributed by atoms with van der Waals surface area (Å²) in [6.45, 7) is 0.777. The smallest absolute Gasteiger partial charge is 0.308 e. The molecular weight excluding hydrogens is 326 g/mol. The average molecular weight is 349 g/mol. The van der Waals surface area contributed by atoms with Gasteiger partial charge in [-0.2, -0.15) is 0 Å². The number of likely N-dealkylation sites (tertiary alicyclic amines) is 1. The lowest BCUT2D eigenvalue weighted by Gasteiger charge is -2.24. The topological polar surface area (TPSA) is 57.6 Å². The van der Waals surface area contributed by atoms with Gasteiger partial charge in [0.2, 0.25) is 5.91 Å². The van der Waals surface area contributed by atoms with Crippen molar-refractivity contribution in [2.75, 3.05) is 13.1 Å². The minimum atomic E-state index is -0.822. The van der Waals surface area contributed by atoms with Crippen LogP contribution in [0.5, 0.6) is 0 Å². The van der Waals surface area contributed by atoms with Crippen LogP contribution in [-0.2, 0) is 9.59 Å². The molecule has 26 heavy (non-hydrogen) atoms. The van der Waals surface area contributed by atoms with Gasteiger partial charge in [-0.15, -0.1) is 0 Å². The number of benzene rings is 2. The van der Waals surface area contributed by atoms with Crippen LogP contribution < -0.4 is 0 Å². The predicted octanol–water partition coefficient (Wildman–Crippen LogP) is 3.51. The summed E-state index contributed by atoms with van der Waals surface area (Å²) >= 11 is 0. The second kappa shape index (κ2) is 6.94. The Morgan fingerprint density at radius 1 is 0.923 bits per heavy atom. The first kappa shape index (κ1) is 16.8. The second-order valence-corrected chi connectivity index (χ2v) is 7.43. The maximum atomic E-state index is 13.3. The highest BCUT2D eigenvalue weighted by Gasteiger charge is 2.45. The molecule has 4 heteroatoms. The van der Waals surface area contributed by atoms with Gasteiger partial charge in [0.05, 0.1) is 11.8 Å². The molecular formula is C22H23NO3. The highest BCUT2D eigenvalue weighted by Crippen LogP contribution is 2.45. The van der Waals surface area contributed by atoms with Gasteiger partial charge in [0.15, 0.2) is 0 Å².